The smallest absolute Gasteiger partial charge is 0.326 e. The fourth-order valence-electron chi connectivity index (χ4n) is 2.03. The predicted molar refractivity (Wildman–Crippen MR) is 89.0 cm³/mol. The van der Waals surface area contributed by atoms with Crippen molar-refractivity contribution in [2.45, 2.75) is 32.7 Å². The molecule has 0 saturated carbocycles. The van der Waals surface area contributed by atoms with E-state index in [-0.39, 0.29) is 18.2 Å². The molecular formula is C17H24N2O5. The standard InChI is InChI=1S/C17H24N2O5/c1-4-24-14-9-6-5-8-13(14)16(21)18-11-7-10-15(20)19(3)12(2)17(22)23/h5-6,8-9,12H,4,7,10-11H2,1-3H3,(H,18,21)(H,22,23). The van der Waals surface area contributed by atoms with Crippen molar-refractivity contribution in [2.75, 3.05) is 20.2 Å². The van der Waals surface area contributed by atoms with Crippen LogP contribution in [-0.2, 0) is 9.59 Å². The second-order valence-electron chi connectivity index (χ2n) is 5.31. The van der Waals surface area contributed by atoms with Gasteiger partial charge in [0.15, 0.2) is 0 Å². The number of nitrogens with zero attached hydrogens (tertiary/aromatic N) is 1. The topological polar surface area (TPSA) is 95.9 Å². The average Bonchev–Trinajstić information content (AvgIpc) is 2.57. The Labute approximate surface area is 141 Å². The first-order valence-electron chi connectivity index (χ1n) is 7.87. The molecule has 24 heavy (non-hydrogen) atoms. The number of amides is 2. The molecule has 0 bridgehead atoms. The molecule has 0 aliphatic heterocycles. The maximum Gasteiger partial charge on any atom is 0.326 e. The second-order valence-corrected chi connectivity index (χ2v) is 5.31. The van der Waals surface area contributed by atoms with Gasteiger partial charge in [-0.1, -0.05) is 12.1 Å². The van der Waals surface area contributed by atoms with Crippen LogP contribution in [0.1, 0.15) is 37.0 Å². The molecular weight excluding hydrogens is 312 g/mol. The Kier molecular flexibility index (Phi) is 7.74. The number of aliphatic carboxylic acids is 1. The van der Waals surface area contributed by atoms with E-state index < -0.39 is 12.0 Å². The van der Waals surface area contributed by atoms with Crippen LogP contribution < -0.4 is 10.1 Å². The molecule has 1 aromatic carbocycles. The fourth-order valence-corrected chi connectivity index (χ4v) is 2.03. The number of rotatable bonds is 9. The maximum atomic E-state index is 12.2. The van der Waals surface area contributed by atoms with Gasteiger partial charge in [-0.2, -0.15) is 0 Å². The van der Waals surface area contributed by atoms with Crippen LogP contribution in [0.5, 0.6) is 5.75 Å². The zero-order chi connectivity index (χ0) is 18.1. The SMILES string of the molecule is CCOc1ccccc1C(=O)NCCCC(=O)N(C)C(C)C(=O)O. The molecule has 132 valence electrons. The van der Waals surface area contributed by atoms with Gasteiger partial charge < -0.3 is 20.1 Å². The number of carboxylic acids is 1. The van der Waals surface area contributed by atoms with Gasteiger partial charge in [0.2, 0.25) is 5.91 Å². The highest BCUT2D eigenvalue weighted by Gasteiger charge is 2.21. The number of hydrogen-bond donors (Lipinski definition) is 2. The molecule has 0 saturated heterocycles. The van der Waals surface area contributed by atoms with Crippen molar-refractivity contribution in [3.05, 3.63) is 29.8 Å². The minimum Gasteiger partial charge on any atom is -0.493 e. The van der Waals surface area contributed by atoms with E-state index in [1.165, 1.54) is 18.9 Å². The molecule has 1 unspecified atom stereocenters. The zero-order valence-corrected chi connectivity index (χ0v) is 14.2. The molecule has 0 spiro atoms. The summed E-state index contributed by atoms with van der Waals surface area (Å²) in [7, 11) is 1.46. The molecule has 0 aromatic heterocycles. The normalized spacial score (nSPS) is 11.5. The number of nitrogens with one attached hydrogen (secondary N) is 1. The summed E-state index contributed by atoms with van der Waals surface area (Å²) >= 11 is 0. The van der Waals surface area contributed by atoms with Gasteiger partial charge in [-0.25, -0.2) is 4.79 Å². The minimum atomic E-state index is -1.05. The van der Waals surface area contributed by atoms with Gasteiger partial charge in [0, 0.05) is 20.0 Å². The highest BCUT2D eigenvalue weighted by atomic mass is 16.5. The molecule has 0 aliphatic rings. The lowest BCUT2D eigenvalue weighted by Gasteiger charge is -2.21. The summed E-state index contributed by atoms with van der Waals surface area (Å²) < 4.78 is 5.41. The number of carboxylic acid groups (broad SMARTS) is 1. The van der Waals surface area contributed by atoms with E-state index in [1.54, 1.807) is 24.3 Å². The van der Waals surface area contributed by atoms with E-state index in [0.717, 1.165) is 0 Å². The van der Waals surface area contributed by atoms with Crippen molar-refractivity contribution in [3.63, 3.8) is 0 Å². The highest BCUT2D eigenvalue weighted by molar-refractivity contribution is 5.96. The number of likely N-dealkylation sites (N-methyl/N-ethyl adjacent to an activating group) is 1. The highest BCUT2D eigenvalue weighted by Crippen LogP contribution is 2.17. The van der Waals surface area contributed by atoms with Crippen molar-refractivity contribution in [3.8, 4) is 5.75 Å². The number of carbonyl (C=O) groups excluding carboxylic acids is 2. The van der Waals surface area contributed by atoms with E-state index >= 15 is 0 Å². The summed E-state index contributed by atoms with van der Waals surface area (Å²) in [5, 5.41) is 11.6. The third kappa shape index (κ3) is 5.57. The van der Waals surface area contributed by atoms with Crippen LogP contribution in [0.4, 0.5) is 0 Å². The molecule has 2 N–H and O–H groups in total. The third-order valence-electron chi connectivity index (χ3n) is 3.62. The first-order valence-corrected chi connectivity index (χ1v) is 7.87. The van der Waals surface area contributed by atoms with Gasteiger partial charge in [-0.05, 0) is 32.4 Å². The number of para-hydroxylation sites is 1. The summed E-state index contributed by atoms with van der Waals surface area (Å²) in [5.41, 5.74) is 0.447. The number of ether oxygens (including phenoxy) is 1. The molecule has 1 atom stereocenters. The van der Waals surface area contributed by atoms with E-state index in [2.05, 4.69) is 5.32 Å². The lowest BCUT2D eigenvalue weighted by Crippen LogP contribution is -2.40. The van der Waals surface area contributed by atoms with Crippen LogP contribution >= 0.6 is 0 Å². The molecule has 1 rings (SSSR count). The van der Waals surface area contributed by atoms with E-state index in [9.17, 15) is 14.4 Å². The molecule has 0 heterocycles. The minimum absolute atomic E-state index is 0.168. The van der Waals surface area contributed by atoms with Crippen LogP contribution in [0.25, 0.3) is 0 Å². The Morgan fingerprint density at radius 1 is 1.29 bits per heavy atom. The molecule has 2 amide bonds. The summed E-state index contributed by atoms with van der Waals surface area (Å²) in [6.07, 6.45) is 0.597. The number of carbonyl (C=O) groups is 3. The molecule has 0 aliphatic carbocycles. The second kappa shape index (κ2) is 9.54. The monoisotopic (exact) mass is 336 g/mol. The summed E-state index contributed by atoms with van der Waals surface area (Å²) in [6, 6.07) is 6.08. The average molecular weight is 336 g/mol. The Morgan fingerprint density at radius 3 is 2.58 bits per heavy atom. The quantitative estimate of drug-likeness (QED) is 0.667. The van der Waals surface area contributed by atoms with Crippen molar-refractivity contribution in [2.24, 2.45) is 0 Å². The maximum absolute atomic E-state index is 12.2. The summed E-state index contributed by atoms with van der Waals surface area (Å²) in [5.74, 6) is -1.07. The first kappa shape index (κ1) is 19.5. The van der Waals surface area contributed by atoms with Crippen LogP contribution in [0.2, 0.25) is 0 Å². The van der Waals surface area contributed by atoms with Crippen molar-refractivity contribution in [1.29, 1.82) is 0 Å². The van der Waals surface area contributed by atoms with Crippen molar-refractivity contribution < 1.29 is 24.2 Å². The predicted octanol–water partition coefficient (Wildman–Crippen LogP) is 1.53. The van der Waals surface area contributed by atoms with Crippen molar-refractivity contribution >= 4 is 17.8 Å². The number of benzene rings is 1. The zero-order valence-electron chi connectivity index (χ0n) is 14.2. The molecule has 0 radical (unpaired) electrons. The Balaban J connectivity index is 2.44. The summed E-state index contributed by atoms with van der Waals surface area (Å²) in [6.45, 7) is 4.08. The molecule has 1 aromatic rings. The lowest BCUT2D eigenvalue weighted by molar-refractivity contribution is -0.148. The van der Waals surface area contributed by atoms with Gasteiger partial charge in [0.05, 0.1) is 12.2 Å². The number of hydrogen-bond acceptors (Lipinski definition) is 4. The van der Waals surface area contributed by atoms with Gasteiger partial charge in [0.1, 0.15) is 11.8 Å². The molecule has 0 fully saturated rings. The lowest BCUT2D eigenvalue weighted by atomic mass is 10.2. The van der Waals surface area contributed by atoms with Gasteiger partial charge in [-0.15, -0.1) is 0 Å². The first-order chi connectivity index (χ1) is 11.4. The molecule has 7 nitrogen and oxygen atoms in total. The summed E-state index contributed by atoms with van der Waals surface area (Å²) in [4.78, 5) is 36.1. The Morgan fingerprint density at radius 2 is 1.96 bits per heavy atom. The van der Waals surface area contributed by atoms with E-state index in [0.29, 0.717) is 30.9 Å². The van der Waals surface area contributed by atoms with Crippen LogP contribution in [0.15, 0.2) is 24.3 Å². The van der Waals surface area contributed by atoms with E-state index in [4.69, 9.17) is 9.84 Å². The van der Waals surface area contributed by atoms with Crippen LogP contribution in [-0.4, -0.2) is 54.0 Å². The van der Waals surface area contributed by atoms with Gasteiger partial charge in [0.25, 0.3) is 5.91 Å². The Bertz CT molecular complexity index is 588. The van der Waals surface area contributed by atoms with Gasteiger partial charge in [-0.3, -0.25) is 9.59 Å². The van der Waals surface area contributed by atoms with Crippen LogP contribution in [0.3, 0.4) is 0 Å². The van der Waals surface area contributed by atoms with Crippen LogP contribution in [0, 0.1) is 0 Å². The van der Waals surface area contributed by atoms with Gasteiger partial charge >= 0.3 is 5.97 Å². The largest absolute Gasteiger partial charge is 0.493 e. The molecule has 7 heteroatoms. The van der Waals surface area contributed by atoms with Crippen molar-refractivity contribution in [1.82, 2.24) is 10.2 Å². The Hall–Kier alpha value is -2.57. The van der Waals surface area contributed by atoms with E-state index in [1.807, 2.05) is 6.92 Å². The third-order valence-corrected chi connectivity index (χ3v) is 3.62. The fraction of sp³-hybridized carbons (Fsp3) is 0.471.